The zero-order chi connectivity index (χ0) is 15.2. The Kier molecular flexibility index (Phi) is 10.7. The van der Waals surface area contributed by atoms with Crippen molar-refractivity contribution in [3.63, 3.8) is 0 Å². The van der Waals surface area contributed by atoms with Crippen molar-refractivity contribution >= 4 is 5.69 Å². The van der Waals surface area contributed by atoms with Gasteiger partial charge in [0.05, 0.1) is 38.7 Å². The van der Waals surface area contributed by atoms with E-state index in [0.29, 0.717) is 45.3 Å². The molecule has 1 aromatic rings. The largest absolute Gasteiger partial charge is 0.380 e. The van der Waals surface area contributed by atoms with Crippen molar-refractivity contribution in [1.82, 2.24) is 0 Å². The Morgan fingerprint density at radius 1 is 0.905 bits per heavy atom. The zero-order valence-electron chi connectivity index (χ0n) is 12.8. The number of rotatable bonds is 13. The van der Waals surface area contributed by atoms with Gasteiger partial charge in [-0.25, -0.2) is 4.39 Å². The van der Waals surface area contributed by atoms with Gasteiger partial charge in [-0.05, 0) is 18.6 Å². The molecule has 1 rings (SSSR count). The molecule has 0 unspecified atom stereocenters. The first-order valence-electron chi connectivity index (χ1n) is 7.56. The Morgan fingerprint density at radius 3 is 2.19 bits per heavy atom. The average Bonchev–Trinajstić information content (AvgIpc) is 2.50. The Balaban J connectivity index is 1.84. The molecule has 120 valence electrons. The summed E-state index contributed by atoms with van der Waals surface area (Å²) in [6, 6.07) is 6.60. The lowest BCUT2D eigenvalue weighted by Gasteiger charge is -2.08. The van der Waals surface area contributed by atoms with E-state index in [1.807, 2.05) is 0 Å². The predicted molar refractivity (Wildman–Crippen MR) is 82.3 cm³/mol. The van der Waals surface area contributed by atoms with E-state index in [1.54, 1.807) is 18.2 Å². The Morgan fingerprint density at radius 2 is 1.52 bits per heavy atom. The number of para-hydroxylation sites is 1. The highest BCUT2D eigenvalue weighted by atomic mass is 19.1. The van der Waals surface area contributed by atoms with Crippen LogP contribution < -0.4 is 5.32 Å². The van der Waals surface area contributed by atoms with Crippen molar-refractivity contribution in [2.75, 3.05) is 51.5 Å². The van der Waals surface area contributed by atoms with Gasteiger partial charge in [0.15, 0.2) is 0 Å². The second kappa shape index (κ2) is 12.6. The van der Waals surface area contributed by atoms with Crippen molar-refractivity contribution in [3.8, 4) is 0 Å². The molecule has 1 aromatic carbocycles. The molecule has 5 heteroatoms. The monoisotopic (exact) mass is 299 g/mol. The van der Waals surface area contributed by atoms with Gasteiger partial charge in [-0.1, -0.05) is 25.5 Å². The lowest BCUT2D eigenvalue weighted by molar-refractivity contribution is 0.0159. The molecule has 0 aromatic heterocycles. The van der Waals surface area contributed by atoms with Gasteiger partial charge in [0.1, 0.15) is 5.82 Å². The van der Waals surface area contributed by atoms with Crippen LogP contribution in [0.5, 0.6) is 0 Å². The molecule has 0 spiro atoms. The number of ether oxygens (including phenoxy) is 3. The maximum absolute atomic E-state index is 13.3. The molecule has 0 aliphatic heterocycles. The summed E-state index contributed by atoms with van der Waals surface area (Å²) < 4.78 is 29.4. The lowest BCUT2D eigenvalue weighted by atomic mass is 10.3. The number of benzene rings is 1. The van der Waals surface area contributed by atoms with Crippen LogP contribution in [0.4, 0.5) is 10.1 Å². The summed E-state index contributed by atoms with van der Waals surface area (Å²) in [6.45, 7) is 6.35. The van der Waals surface area contributed by atoms with Crippen LogP contribution in [0.25, 0.3) is 0 Å². The highest BCUT2D eigenvalue weighted by molar-refractivity contribution is 5.44. The number of nitrogens with one attached hydrogen (secondary N) is 1. The van der Waals surface area contributed by atoms with Gasteiger partial charge in [-0.3, -0.25) is 0 Å². The van der Waals surface area contributed by atoms with Gasteiger partial charge in [0, 0.05) is 13.2 Å². The van der Waals surface area contributed by atoms with Crippen LogP contribution >= 0.6 is 0 Å². The highest BCUT2D eigenvalue weighted by Gasteiger charge is 1.98. The smallest absolute Gasteiger partial charge is 0.146 e. The zero-order valence-corrected chi connectivity index (χ0v) is 12.8. The minimum Gasteiger partial charge on any atom is -0.380 e. The third kappa shape index (κ3) is 9.39. The van der Waals surface area contributed by atoms with Crippen LogP contribution in [0.15, 0.2) is 24.3 Å². The Bertz CT molecular complexity index is 363. The summed E-state index contributed by atoms with van der Waals surface area (Å²) in [6.07, 6.45) is 2.24. The number of hydrogen-bond donors (Lipinski definition) is 1. The summed E-state index contributed by atoms with van der Waals surface area (Å²) in [4.78, 5) is 0. The van der Waals surface area contributed by atoms with Gasteiger partial charge in [0.25, 0.3) is 0 Å². The van der Waals surface area contributed by atoms with Crippen LogP contribution in [0.1, 0.15) is 19.8 Å². The molecular formula is C16H26FNO3. The SMILES string of the molecule is CCCCOCCOCCOCCNc1ccccc1F. The second-order valence-corrected chi connectivity index (χ2v) is 4.60. The number of anilines is 1. The summed E-state index contributed by atoms with van der Waals surface area (Å²) >= 11 is 0. The molecule has 0 radical (unpaired) electrons. The van der Waals surface area contributed by atoms with E-state index < -0.39 is 0 Å². The predicted octanol–water partition coefficient (Wildman–Crippen LogP) is 3.09. The van der Waals surface area contributed by atoms with Crippen LogP contribution in [0.2, 0.25) is 0 Å². The maximum atomic E-state index is 13.3. The first kappa shape index (κ1) is 17.9. The fourth-order valence-electron chi connectivity index (χ4n) is 1.65. The minimum atomic E-state index is -0.246. The molecule has 0 amide bonds. The first-order valence-corrected chi connectivity index (χ1v) is 7.56. The van der Waals surface area contributed by atoms with Crippen molar-refractivity contribution in [3.05, 3.63) is 30.1 Å². The standard InChI is InChI=1S/C16H26FNO3/c1-2-3-9-19-11-13-21-14-12-20-10-8-18-16-7-5-4-6-15(16)17/h4-7,18H,2-3,8-14H2,1H3. The lowest BCUT2D eigenvalue weighted by Crippen LogP contribution is -2.14. The quantitative estimate of drug-likeness (QED) is 0.568. The molecule has 0 aliphatic carbocycles. The topological polar surface area (TPSA) is 39.7 Å². The molecule has 0 atom stereocenters. The van der Waals surface area contributed by atoms with E-state index in [0.717, 1.165) is 19.4 Å². The minimum absolute atomic E-state index is 0.246. The maximum Gasteiger partial charge on any atom is 0.146 e. The van der Waals surface area contributed by atoms with Crippen molar-refractivity contribution in [1.29, 1.82) is 0 Å². The van der Waals surface area contributed by atoms with Crippen molar-refractivity contribution in [2.24, 2.45) is 0 Å². The van der Waals surface area contributed by atoms with E-state index in [4.69, 9.17) is 14.2 Å². The average molecular weight is 299 g/mol. The number of halogens is 1. The molecule has 0 bridgehead atoms. The van der Waals surface area contributed by atoms with Gasteiger partial charge in [0.2, 0.25) is 0 Å². The molecule has 0 fully saturated rings. The molecule has 1 N–H and O–H groups in total. The molecule has 0 saturated heterocycles. The first-order chi connectivity index (χ1) is 10.3. The summed E-state index contributed by atoms with van der Waals surface area (Å²) in [7, 11) is 0. The fourth-order valence-corrected chi connectivity index (χ4v) is 1.65. The van der Waals surface area contributed by atoms with Gasteiger partial charge in [-0.15, -0.1) is 0 Å². The summed E-state index contributed by atoms with van der Waals surface area (Å²) in [5.74, 6) is -0.246. The van der Waals surface area contributed by atoms with Crippen molar-refractivity contribution < 1.29 is 18.6 Å². The molecule has 0 aliphatic rings. The van der Waals surface area contributed by atoms with Crippen molar-refractivity contribution in [2.45, 2.75) is 19.8 Å². The van der Waals surface area contributed by atoms with Crippen LogP contribution in [-0.2, 0) is 14.2 Å². The highest BCUT2D eigenvalue weighted by Crippen LogP contribution is 2.11. The Labute approximate surface area is 126 Å². The summed E-state index contributed by atoms with van der Waals surface area (Å²) in [5.41, 5.74) is 0.501. The molecular weight excluding hydrogens is 273 g/mol. The van der Waals surface area contributed by atoms with Gasteiger partial charge < -0.3 is 19.5 Å². The van der Waals surface area contributed by atoms with Crippen LogP contribution in [0, 0.1) is 5.82 Å². The van der Waals surface area contributed by atoms with Crippen LogP contribution in [-0.4, -0.2) is 46.2 Å². The molecule has 0 saturated carbocycles. The van der Waals surface area contributed by atoms with Gasteiger partial charge >= 0.3 is 0 Å². The van der Waals surface area contributed by atoms with Crippen LogP contribution in [0.3, 0.4) is 0 Å². The molecule has 21 heavy (non-hydrogen) atoms. The van der Waals surface area contributed by atoms with E-state index >= 15 is 0 Å². The Hall–Kier alpha value is -1.17. The number of unbranched alkanes of at least 4 members (excludes halogenated alkanes) is 1. The third-order valence-electron chi connectivity index (χ3n) is 2.82. The molecule has 0 heterocycles. The fraction of sp³-hybridized carbons (Fsp3) is 0.625. The third-order valence-corrected chi connectivity index (χ3v) is 2.82. The summed E-state index contributed by atoms with van der Waals surface area (Å²) in [5, 5.41) is 2.98. The van der Waals surface area contributed by atoms with E-state index in [1.165, 1.54) is 6.07 Å². The molecule has 4 nitrogen and oxygen atoms in total. The van der Waals surface area contributed by atoms with E-state index in [-0.39, 0.29) is 5.82 Å². The second-order valence-electron chi connectivity index (χ2n) is 4.60. The van der Waals surface area contributed by atoms with Gasteiger partial charge in [-0.2, -0.15) is 0 Å². The van der Waals surface area contributed by atoms with E-state index in [2.05, 4.69) is 12.2 Å². The normalized spacial score (nSPS) is 10.8. The number of hydrogen-bond acceptors (Lipinski definition) is 4. The van der Waals surface area contributed by atoms with E-state index in [9.17, 15) is 4.39 Å².